The van der Waals surface area contributed by atoms with Crippen molar-refractivity contribution in [1.82, 2.24) is 5.32 Å². The van der Waals surface area contributed by atoms with Crippen LogP contribution in [0.5, 0.6) is 5.75 Å². The third-order valence-corrected chi connectivity index (χ3v) is 7.10. The molecule has 2 aromatic rings. The van der Waals surface area contributed by atoms with Gasteiger partial charge in [0, 0.05) is 6.04 Å². The predicted molar refractivity (Wildman–Crippen MR) is 134 cm³/mol. The number of hydrogen-bond donors (Lipinski definition) is 2. The van der Waals surface area contributed by atoms with Crippen molar-refractivity contribution in [3.8, 4) is 5.75 Å². The lowest BCUT2D eigenvalue weighted by molar-refractivity contribution is -0.116. The fraction of sp³-hybridized carbons (Fsp3) is 0.440. The third-order valence-electron chi connectivity index (χ3n) is 5.86. The number of amides is 2. The summed E-state index contributed by atoms with van der Waals surface area (Å²) < 4.78 is 31.7. The molecule has 1 atom stereocenters. The maximum absolute atomic E-state index is 13.1. The summed E-state index contributed by atoms with van der Waals surface area (Å²) in [6.45, 7) is 3.86. The Hall–Kier alpha value is -3.07. The quantitative estimate of drug-likeness (QED) is 0.557. The second-order valence-corrected chi connectivity index (χ2v) is 10.4. The highest BCUT2D eigenvalue weighted by molar-refractivity contribution is 7.92. The zero-order valence-electron chi connectivity index (χ0n) is 19.9. The van der Waals surface area contributed by atoms with Crippen molar-refractivity contribution in [2.45, 2.75) is 58.0 Å². The first kappa shape index (κ1) is 25.6. The summed E-state index contributed by atoms with van der Waals surface area (Å²) in [5, 5.41) is 5.81. The summed E-state index contributed by atoms with van der Waals surface area (Å²) in [6.07, 6.45) is 6.31. The van der Waals surface area contributed by atoms with Gasteiger partial charge in [-0.15, -0.1) is 0 Å². The van der Waals surface area contributed by atoms with Crippen LogP contribution in [0.4, 0.5) is 11.4 Å². The fourth-order valence-electron chi connectivity index (χ4n) is 4.20. The SMILES string of the molecule is CCOc1ccc(N([C@@H](C)C(=O)Nc2ccccc2C(=O)NC2CCCCC2)S(C)(=O)=O)cc1. The van der Waals surface area contributed by atoms with Gasteiger partial charge < -0.3 is 15.4 Å². The van der Waals surface area contributed by atoms with Gasteiger partial charge in [0.25, 0.3) is 5.91 Å². The number of nitrogens with zero attached hydrogens (tertiary/aromatic N) is 1. The summed E-state index contributed by atoms with van der Waals surface area (Å²) in [4.78, 5) is 26.0. The maximum Gasteiger partial charge on any atom is 0.253 e. The molecule has 3 rings (SSSR count). The Morgan fingerprint density at radius 1 is 1.06 bits per heavy atom. The van der Waals surface area contributed by atoms with Crippen molar-refractivity contribution in [3.63, 3.8) is 0 Å². The van der Waals surface area contributed by atoms with E-state index in [2.05, 4.69) is 10.6 Å². The van der Waals surface area contributed by atoms with Gasteiger partial charge in [0.05, 0.1) is 29.8 Å². The second-order valence-electron chi connectivity index (χ2n) is 8.50. The molecule has 1 aliphatic carbocycles. The number of ether oxygens (including phenoxy) is 1. The minimum Gasteiger partial charge on any atom is -0.494 e. The van der Waals surface area contributed by atoms with Crippen LogP contribution < -0.4 is 19.7 Å². The molecule has 1 fully saturated rings. The molecule has 0 radical (unpaired) electrons. The lowest BCUT2D eigenvalue weighted by Crippen LogP contribution is -2.45. The average molecular weight is 488 g/mol. The van der Waals surface area contributed by atoms with E-state index in [1.54, 1.807) is 48.5 Å². The number of sulfonamides is 1. The summed E-state index contributed by atoms with van der Waals surface area (Å²) in [5.41, 5.74) is 1.03. The van der Waals surface area contributed by atoms with Gasteiger partial charge in [-0.1, -0.05) is 31.4 Å². The number of nitrogens with one attached hydrogen (secondary N) is 2. The van der Waals surface area contributed by atoms with Crippen LogP contribution in [0.25, 0.3) is 0 Å². The van der Waals surface area contributed by atoms with Crippen molar-refractivity contribution < 1.29 is 22.7 Å². The van der Waals surface area contributed by atoms with Crippen molar-refractivity contribution in [2.75, 3.05) is 22.5 Å². The van der Waals surface area contributed by atoms with Crippen molar-refractivity contribution in [3.05, 3.63) is 54.1 Å². The van der Waals surface area contributed by atoms with E-state index in [4.69, 9.17) is 4.74 Å². The molecule has 1 saturated carbocycles. The lowest BCUT2D eigenvalue weighted by Gasteiger charge is -2.28. The molecule has 2 aromatic carbocycles. The zero-order valence-corrected chi connectivity index (χ0v) is 20.7. The van der Waals surface area contributed by atoms with Gasteiger partial charge in [-0.3, -0.25) is 13.9 Å². The van der Waals surface area contributed by atoms with Crippen LogP contribution in [0.1, 0.15) is 56.3 Å². The molecule has 0 heterocycles. The highest BCUT2D eigenvalue weighted by atomic mass is 32.2. The molecule has 0 unspecified atom stereocenters. The number of carbonyl (C=O) groups excluding carboxylic acids is 2. The molecule has 0 bridgehead atoms. The normalized spacial score (nSPS) is 15.3. The van der Waals surface area contributed by atoms with Crippen LogP contribution >= 0.6 is 0 Å². The molecule has 34 heavy (non-hydrogen) atoms. The Morgan fingerprint density at radius 3 is 2.32 bits per heavy atom. The van der Waals surface area contributed by atoms with Crippen LogP contribution in [-0.4, -0.2) is 45.2 Å². The Kier molecular flexibility index (Phi) is 8.55. The molecule has 9 heteroatoms. The van der Waals surface area contributed by atoms with E-state index in [1.807, 2.05) is 6.92 Å². The molecule has 2 N–H and O–H groups in total. The molecule has 1 aliphatic rings. The molecular weight excluding hydrogens is 454 g/mol. The van der Waals surface area contributed by atoms with E-state index in [9.17, 15) is 18.0 Å². The van der Waals surface area contributed by atoms with Crippen LogP contribution in [0.3, 0.4) is 0 Å². The van der Waals surface area contributed by atoms with Gasteiger partial charge in [-0.05, 0) is 63.1 Å². The van der Waals surface area contributed by atoms with Crippen molar-refractivity contribution in [2.24, 2.45) is 0 Å². The Morgan fingerprint density at radius 2 is 1.71 bits per heavy atom. The minimum atomic E-state index is -3.77. The molecule has 0 saturated heterocycles. The maximum atomic E-state index is 13.1. The number of hydrogen-bond acceptors (Lipinski definition) is 5. The molecule has 0 aromatic heterocycles. The van der Waals surface area contributed by atoms with E-state index in [-0.39, 0.29) is 11.9 Å². The van der Waals surface area contributed by atoms with Crippen molar-refractivity contribution in [1.29, 1.82) is 0 Å². The van der Waals surface area contributed by atoms with E-state index < -0.39 is 22.0 Å². The highest BCUT2D eigenvalue weighted by Crippen LogP contribution is 2.25. The van der Waals surface area contributed by atoms with Crippen LogP contribution in [-0.2, 0) is 14.8 Å². The highest BCUT2D eigenvalue weighted by Gasteiger charge is 2.30. The van der Waals surface area contributed by atoms with Gasteiger partial charge >= 0.3 is 0 Å². The largest absolute Gasteiger partial charge is 0.494 e. The van der Waals surface area contributed by atoms with E-state index in [0.29, 0.717) is 29.3 Å². The number of para-hydroxylation sites is 1. The lowest BCUT2D eigenvalue weighted by atomic mass is 9.95. The molecular formula is C25H33N3O5S. The Labute approximate surface area is 201 Å². The summed E-state index contributed by atoms with van der Waals surface area (Å²) >= 11 is 0. The van der Waals surface area contributed by atoms with Gasteiger partial charge in [0.15, 0.2) is 0 Å². The first-order chi connectivity index (χ1) is 16.2. The molecule has 184 valence electrons. The standard InChI is InChI=1S/C25H33N3O5S/c1-4-33-21-16-14-20(15-17-21)28(34(3,31)32)18(2)24(29)27-23-13-9-8-12-22(23)25(30)26-19-10-6-5-7-11-19/h8-9,12-19H,4-7,10-11H2,1-3H3,(H,26,30)(H,27,29)/t18-/m0/s1. The van der Waals surface area contributed by atoms with Gasteiger partial charge in [0.1, 0.15) is 11.8 Å². The van der Waals surface area contributed by atoms with Crippen LogP contribution in [0.15, 0.2) is 48.5 Å². The van der Waals surface area contributed by atoms with E-state index >= 15 is 0 Å². The van der Waals surface area contributed by atoms with E-state index in [0.717, 1.165) is 36.2 Å². The molecule has 8 nitrogen and oxygen atoms in total. The molecule has 0 aliphatic heterocycles. The zero-order chi connectivity index (χ0) is 24.7. The second kappa shape index (κ2) is 11.4. The smallest absolute Gasteiger partial charge is 0.253 e. The van der Waals surface area contributed by atoms with Crippen LogP contribution in [0.2, 0.25) is 0 Å². The Bertz CT molecular complexity index is 1100. The summed E-state index contributed by atoms with van der Waals surface area (Å²) in [7, 11) is -3.77. The monoisotopic (exact) mass is 487 g/mol. The third kappa shape index (κ3) is 6.50. The Balaban J connectivity index is 1.78. The first-order valence-corrected chi connectivity index (χ1v) is 13.5. The molecule has 0 spiro atoms. The average Bonchev–Trinajstić information content (AvgIpc) is 2.80. The summed E-state index contributed by atoms with van der Waals surface area (Å²) in [5.74, 6) is -0.186. The van der Waals surface area contributed by atoms with Crippen LogP contribution in [0, 0.1) is 0 Å². The van der Waals surface area contributed by atoms with Gasteiger partial charge in [-0.25, -0.2) is 8.42 Å². The van der Waals surface area contributed by atoms with Gasteiger partial charge in [0.2, 0.25) is 15.9 Å². The topological polar surface area (TPSA) is 105 Å². The number of anilines is 2. The van der Waals surface area contributed by atoms with E-state index in [1.165, 1.54) is 13.3 Å². The first-order valence-electron chi connectivity index (χ1n) is 11.6. The fourth-order valence-corrected chi connectivity index (χ4v) is 5.38. The van der Waals surface area contributed by atoms with Gasteiger partial charge in [-0.2, -0.15) is 0 Å². The summed E-state index contributed by atoms with van der Waals surface area (Å²) in [6, 6.07) is 12.3. The van der Waals surface area contributed by atoms with Crippen molar-refractivity contribution >= 4 is 33.2 Å². The number of rotatable bonds is 9. The number of carbonyl (C=O) groups is 2. The minimum absolute atomic E-state index is 0.129. The predicted octanol–water partition coefficient (Wildman–Crippen LogP) is 3.94. The number of benzene rings is 2. The molecule has 2 amide bonds.